The second kappa shape index (κ2) is 4.21. The first-order valence-corrected chi connectivity index (χ1v) is 3.88. The average molecular weight is 167 g/mol. The Morgan fingerprint density at radius 1 is 1.25 bits per heavy atom. The van der Waals surface area contributed by atoms with Crippen LogP contribution in [0.1, 0.15) is 18.6 Å². The maximum atomic E-state index is 9.57. The van der Waals surface area contributed by atoms with Crippen molar-refractivity contribution in [2.24, 2.45) is 0 Å². The molecule has 0 aliphatic carbocycles. The first-order chi connectivity index (χ1) is 5.75. The fraction of sp³-hybridized carbons (Fsp3) is 0.333. The van der Waals surface area contributed by atoms with Crippen molar-refractivity contribution in [3.05, 3.63) is 35.9 Å². The minimum atomic E-state index is -0.670. The second-order valence-corrected chi connectivity index (χ2v) is 2.77. The molecule has 1 unspecified atom stereocenters. The van der Waals surface area contributed by atoms with Crippen molar-refractivity contribution in [1.29, 1.82) is 0 Å². The molecule has 0 spiro atoms. The summed E-state index contributed by atoms with van der Waals surface area (Å²) < 4.78 is 0. The van der Waals surface area contributed by atoms with Gasteiger partial charge in [0.25, 0.3) is 0 Å². The monoisotopic (exact) mass is 167 g/mol. The zero-order chi connectivity index (χ0) is 8.97. The summed E-state index contributed by atoms with van der Waals surface area (Å²) in [6.45, 7) is 1.71. The molecule has 1 aromatic carbocycles. The Morgan fingerprint density at radius 2 is 1.83 bits per heavy atom. The fourth-order valence-electron chi connectivity index (χ4n) is 1.01. The standard InChI is InChI=1S/C9H13NO2/c1-7(10-12)9(11)8-5-3-2-4-6-8/h2-7,9-12H,1H3/t7-,9?/m0/s1. The van der Waals surface area contributed by atoms with Gasteiger partial charge >= 0.3 is 0 Å². The quantitative estimate of drug-likeness (QED) is 0.590. The summed E-state index contributed by atoms with van der Waals surface area (Å²) in [5, 5.41) is 18.1. The highest BCUT2D eigenvalue weighted by molar-refractivity contribution is 5.18. The average Bonchev–Trinajstić information content (AvgIpc) is 2.17. The highest BCUT2D eigenvalue weighted by Crippen LogP contribution is 2.15. The van der Waals surface area contributed by atoms with Crippen LogP contribution in [0.3, 0.4) is 0 Å². The Balaban J connectivity index is 2.71. The molecular weight excluding hydrogens is 154 g/mol. The van der Waals surface area contributed by atoms with Crippen molar-refractivity contribution in [1.82, 2.24) is 5.48 Å². The Hall–Kier alpha value is -0.900. The maximum Gasteiger partial charge on any atom is 0.0963 e. The van der Waals surface area contributed by atoms with E-state index in [0.717, 1.165) is 5.56 Å². The number of hydrogen-bond donors (Lipinski definition) is 3. The molecule has 3 nitrogen and oxygen atoms in total. The predicted molar refractivity (Wildman–Crippen MR) is 45.8 cm³/mol. The van der Waals surface area contributed by atoms with Crippen molar-refractivity contribution < 1.29 is 10.3 Å². The summed E-state index contributed by atoms with van der Waals surface area (Å²) in [6, 6.07) is 8.86. The van der Waals surface area contributed by atoms with Crippen molar-refractivity contribution in [2.45, 2.75) is 19.1 Å². The molecule has 0 saturated carbocycles. The molecule has 0 amide bonds. The molecule has 1 rings (SSSR count). The van der Waals surface area contributed by atoms with Gasteiger partial charge in [-0.25, -0.2) is 0 Å². The third kappa shape index (κ3) is 2.04. The Labute approximate surface area is 71.6 Å². The first kappa shape index (κ1) is 9.19. The van der Waals surface area contributed by atoms with E-state index in [1.807, 2.05) is 35.8 Å². The summed E-state index contributed by atoms with van der Waals surface area (Å²) in [7, 11) is 0. The molecule has 66 valence electrons. The van der Waals surface area contributed by atoms with Crippen LogP contribution in [0.15, 0.2) is 30.3 Å². The number of benzene rings is 1. The van der Waals surface area contributed by atoms with Crippen LogP contribution < -0.4 is 5.48 Å². The largest absolute Gasteiger partial charge is 0.387 e. The van der Waals surface area contributed by atoms with E-state index in [1.54, 1.807) is 6.92 Å². The van der Waals surface area contributed by atoms with E-state index < -0.39 is 6.10 Å². The van der Waals surface area contributed by atoms with Crippen molar-refractivity contribution in [3.8, 4) is 0 Å². The third-order valence-corrected chi connectivity index (χ3v) is 1.82. The summed E-state index contributed by atoms with van der Waals surface area (Å²) in [4.78, 5) is 0. The molecule has 0 aromatic heterocycles. The Bertz CT molecular complexity index is 225. The summed E-state index contributed by atoms with van der Waals surface area (Å²) in [5.41, 5.74) is 2.81. The highest BCUT2D eigenvalue weighted by Gasteiger charge is 2.13. The molecular formula is C9H13NO2. The van der Waals surface area contributed by atoms with E-state index in [0.29, 0.717) is 0 Å². The lowest BCUT2D eigenvalue weighted by molar-refractivity contribution is 0.0472. The summed E-state index contributed by atoms with van der Waals surface area (Å²) in [5.74, 6) is 0. The van der Waals surface area contributed by atoms with Gasteiger partial charge in [0, 0.05) is 0 Å². The molecule has 3 heteroatoms. The Kier molecular flexibility index (Phi) is 3.22. The topological polar surface area (TPSA) is 52.5 Å². The van der Waals surface area contributed by atoms with Gasteiger partial charge in [0.1, 0.15) is 0 Å². The Morgan fingerprint density at radius 3 is 2.33 bits per heavy atom. The van der Waals surface area contributed by atoms with E-state index in [-0.39, 0.29) is 6.04 Å². The predicted octanol–water partition coefficient (Wildman–Crippen LogP) is 1.09. The number of nitrogens with one attached hydrogen (secondary N) is 1. The van der Waals surface area contributed by atoms with Gasteiger partial charge in [-0.05, 0) is 12.5 Å². The molecule has 0 radical (unpaired) electrons. The first-order valence-electron chi connectivity index (χ1n) is 3.88. The molecule has 0 heterocycles. The van der Waals surface area contributed by atoms with Gasteiger partial charge in [-0.15, -0.1) is 0 Å². The van der Waals surface area contributed by atoms with E-state index >= 15 is 0 Å². The van der Waals surface area contributed by atoms with Gasteiger partial charge in [-0.1, -0.05) is 30.3 Å². The third-order valence-electron chi connectivity index (χ3n) is 1.82. The van der Waals surface area contributed by atoms with Crippen LogP contribution in [-0.4, -0.2) is 16.4 Å². The molecule has 12 heavy (non-hydrogen) atoms. The molecule has 0 bridgehead atoms. The van der Waals surface area contributed by atoms with Crippen molar-refractivity contribution in [3.63, 3.8) is 0 Å². The molecule has 0 saturated heterocycles. The van der Waals surface area contributed by atoms with E-state index in [9.17, 15) is 5.11 Å². The van der Waals surface area contributed by atoms with Gasteiger partial charge in [0.05, 0.1) is 12.1 Å². The lowest BCUT2D eigenvalue weighted by Crippen LogP contribution is -2.29. The molecule has 0 fully saturated rings. The van der Waals surface area contributed by atoms with Gasteiger partial charge in [-0.2, -0.15) is 5.48 Å². The lowest BCUT2D eigenvalue weighted by Gasteiger charge is -2.16. The van der Waals surface area contributed by atoms with E-state index in [2.05, 4.69) is 0 Å². The zero-order valence-electron chi connectivity index (χ0n) is 6.94. The molecule has 0 aliphatic heterocycles. The molecule has 1 aromatic rings. The maximum absolute atomic E-state index is 9.57. The van der Waals surface area contributed by atoms with E-state index in [1.165, 1.54) is 0 Å². The van der Waals surface area contributed by atoms with Crippen LogP contribution in [0.2, 0.25) is 0 Å². The minimum absolute atomic E-state index is 0.354. The van der Waals surface area contributed by atoms with Crippen molar-refractivity contribution in [2.75, 3.05) is 0 Å². The van der Waals surface area contributed by atoms with Crippen LogP contribution in [0.5, 0.6) is 0 Å². The summed E-state index contributed by atoms with van der Waals surface area (Å²) >= 11 is 0. The second-order valence-electron chi connectivity index (χ2n) is 2.77. The minimum Gasteiger partial charge on any atom is -0.387 e. The van der Waals surface area contributed by atoms with Crippen LogP contribution in [0, 0.1) is 0 Å². The number of aliphatic hydroxyl groups excluding tert-OH is 1. The fourth-order valence-corrected chi connectivity index (χ4v) is 1.01. The molecule has 0 aliphatic rings. The van der Waals surface area contributed by atoms with Crippen LogP contribution >= 0.6 is 0 Å². The number of aliphatic hydroxyl groups is 1. The van der Waals surface area contributed by atoms with E-state index in [4.69, 9.17) is 5.21 Å². The normalized spacial score (nSPS) is 15.6. The molecule has 2 atom stereocenters. The zero-order valence-corrected chi connectivity index (χ0v) is 6.94. The lowest BCUT2D eigenvalue weighted by atomic mass is 10.0. The number of hydroxylamine groups is 1. The smallest absolute Gasteiger partial charge is 0.0963 e. The number of rotatable bonds is 3. The van der Waals surface area contributed by atoms with Gasteiger partial charge in [-0.3, -0.25) is 0 Å². The van der Waals surface area contributed by atoms with Crippen molar-refractivity contribution >= 4 is 0 Å². The highest BCUT2D eigenvalue weighted by atomic mass is 16.5. The van der Waals surface area contributed by atoms with Gasteiger partial charge in [0.2, 0.25) is 0 Å². The summed E-state index contributed by atoms with van der Waals surface area (Å²) in [6.07, 6.45) is -0.670. The van der Waals surface area contributed by atoms with Crippen LogP contribution in [0.4, 0.5) is 0 Å². The van der Waals surface area contributed by atoms with Gasteiger partial charge < -0.3 is 10.3 Å². The SMILES string of the molecule is C[C@H](NO)C(O)c1ccccc1. The van der Waals surface area contributed by atoms with Crippen LogP contribution in [0.25, 0.3) is 0 Å². The number of hydrogen-bond acceptors (Lipinski definition) is 3. The van der Waals surface area contributed by atoms with Crippen LogP contribution in [-0.2, 0) is 0 Å². The van der Waals surface area contributed by atoms with Gasteiger partial charge in [0.15, 0.2) is 0 Å². The molecule has 3 N–H and O–H groups in total.